The molecule has 5 nitrogen and oxygen atoms in total. The smallest absolute Gasteiger partial charge is 0.287 e. The first kappa shape index (κ1) is 13.4. The number of ether oxygens (including phenoxy) is 1. The molecule has 0 unspecified atom stereocenters. The van der Waals surface area contributed by atoms with Gasteiger partial charge in [-0.2, -0.15) is 0 Å². The molecule has 1 aromatic heterocycles. The average Bonchev–Trinajstić information content (AvgIpc) is 2.82. The molecule has 0 bridgehead atoms. The van der Waals surface area contributed by atoms with Gasteiger partial charge in [-0.1, -0.05) is 0 Å². The first-order chi connectivity index (χ1) is 8.75. The maximum Gasteiger partial charge on any atom is 0.287 e. The van der Waals surface area contributed by atoms with Crippen molar-refractivity contribution in [2.45, 2.75) is 18.9 Å². The maximum atomic E-state index is 11.6. The Kier molecular flexibility index (Phi) is 5.04. The Balaban J connectivity index is 1.61. The van der Waals surface area contributed by atoms with Gasteiger partial charge in [0.15, 0.2) is 11.0 Å². The topological polar surface area (TPSA) is 63.5 Å². The lowest BCUT2D eigenvalue weighted by atomic mass is 10.1. The quantitative estimate of drug-likeness (QED) is 0.796. The van der Waals surface area contributed by atoms with Crippen LogP contribution in [0, 0.1) is 0 Å². The van der Waals surface area contributed by atoms with E-state index >= 15 is 0 Å². The highest BCUT2D eigenvalue weighted by atomic mass is 35.5. The van der Waals surface area contributed by atoms with E-state index in [2.05, 4.69) is 10.6 Å². The number of piperidine rings is 1. The highest BCUT2D eigenvalue weighted by Crippen LogP contribution is 2.12. The Morgan fingerprint density at radius 3 is 2.94 bits per heavy atom. The minimum atomic E-state index is -0.268. The van der Waals surface area contributed by atoms with Gasteiger partial charge in [0.1, 0.15) is 0 Å². The molecule has 0 saturated carbocycles. The summed E-state index contributed by atoms with van der Waals surface area (Å²) >= 11 is 5.59. The van der Waals surface area contributed by atoms with E-state index in [4.69, 9.17) is 20.8 Å². The molecule has 1 saturated heterocycles. The summed E-state index contributed by atoms with van der Waals surface area (Å²) in [5.41, 5.74) is 0. The van der Waals surface area contributed by atoms with E-state index in [1.165, 1.54) is 0 Å². The third-order valence-corrected chi connectivity index (χ3v) is 3.03. The van der Waals surface area contributed by atoms with Gasteiger partial charge in [-0.05, 0) is 49.7 Å². The van der Waals surface area contributed by atoms with Crippen LogP contribution in [0.1, 0.15) is 23.4 Å². The number of amides is 1. The van der Waals surface area contributed by atoms with Crippen LogP contribution in [0.2, 0.25) is 5.22 Å². The number of hydrogen-bond donors (Lipinski definition) is 2. The van der Waals surface area contributed by atoms with Gasteiger partial charge in [-0.15, -0.1) is 0 Å². The van der Waals surface area contributed by atoms with Crippen LogP contribution in [-0.2, 0) is 4.74 Å². The van der Waals surface area contributed by atoms with Gasteiger partial charge in [-0.25, -0.2) is 0 Å². The summed E-state index contributed by atoms with van der Waals surface area (Å²) in [7, 11) is 0. The average molecular weight is 273 g/mol. The molecule has 2 rings (SSSR count). The van der Waals surface area contributed by atoms with Gasteiger partial charge in [0.2, 0.25) is 0 Å². The molecule has 100 valence electrons. The van der Waals surface area contributed by atoms with Crippen molar-refractivity contribution in [2.75, 3.05) is 26.2 Å². The van der Waals surface area contributed by atoms with Crippen molar-refractivity contribution >= 4 is 17.5 Å². The molecule has 1 aliphatic heterocycles. The summed E-state index contributed by atoms with van der Waals surface area (Å²) in [5, 5.41) is 6.21. The predicted octanol–water partition coefficient (Wildman–Crippen LogP) is 1.43. The van der Waals surface area contributed by atoms with Crippen LogP contribution in [0.15, 0.2) is 16.5 Å². The first-order valence-corrected chi connectivity index (χ1v) is 6.49. The molecule has 1 amide bonds. The van der Waals surface area contributed by atoms with Crippen LogP contribution in [0.4, 0.5) is 0 Å². The van der Waals surface area contributed by atoms with Crippen molar-refractivity contribution in [3.8, 4) is 0 Å². The number of carbonyl (C=O) groups excluding carboxylic acids is 1. The van der Waals surface area contributed by atoms with Gasteiger partial charge < -0.3 is 19.8 Å². The summed E-state index contributed by atoms with van der Waals surface area (Å²) in [6.45, 7) is 3.00. The van der Waals surface area contributed by atoms with Crippen LogP contribution in [0.25, 0.3) is 0 Å². The van der Waals surface area contributed by atoms with Crippen molar-refractivity contribution in [3.05, 3.63) is 23.1 Å². The standard InChI is InChI=1S/C12H17ClN2O3/c13-11-2-1-10(18-11)12(16)15-7-8-17-9-3-5-14-6-4-9/h1-2,9,14H,3-8H2,(H,15,16). The van der Waals surface area contributed by atoms with E-state index < -0.39 is 0 Å². The minimum absolute atomic E-state index is 0.214. The van der Waals surface area contributed by atoms with E-state index in [1.807, 2.05) is 0 Å². The highest BCUT2D eigenvalue weighted by molar-refractivity contribution is 6.29. The van der Waals surface area contributed by atoms with Crippen molar-refractivity contribution in [3.63, 3.8) is 0 Å². The van der Waals surface area contributed by atoms with Gasteiger partial charge in [0, 0.05) is 6.54 Å². The fourth-order valence-electron chi connectivity index (χ4n) is 1.88. The Labute approximate surface area is 111 Å². The second kappa shape index (κ2) is 6.78. The monoisotopic (exact) mass is 272 g/mol. The number of halogens is 1. The summed E-state index contributed by atoms with van der Waals surface area (Å²) in [4.78, 5) is 11.6. The van der Waals surface area contributed by atoms with Crippen molar-refractivity contribution in [2.24, 2.45) is 0 Å². The van der Waals surface area contributed by atoms with Crippen LogP contribution >= 0.6 is 11.6 Å². The second-order valence-electron chi connectivity index (χ2n) is 4.18. The summed E-state index contributed by atoms with van der Waals surface area (Å²) in [6.07, 6.45) is 2.37. The molecule has 18 heavy (non-hydrogen) atoms. The molecule has 2 heterocycles. The van der Waals surface area contributed by atoms with Gasteiger partial charge in [-0.3, -0.25) is 4.79 Å². The van der Waals surface area contributed by atoms with Crippen LogP contribution in [-0.4, -0.2) is 38.3 Å². The van der Waals surface area contributed by atoms with Crippen LogP contribution < -0.4 is 10.6 Å². The van der Waals surface area contributed by atoms with Gasteiger partial charge >= 0.3 is 0 Å². The molecular formula is C12H17ClN2O3. The fraction of sp³-hybridized carbons (Fsp3) is 0.583. The van der Waals surface area contributed by atoms with E-state index in [0.717, 1.165) is 25.9 Å². The largest absolute Gasteiger partial charge is 0.440 e. The zero-order chi connectivity index (χ0) is 12.8. The summed E-state index contributed by atoms with van der Waals surface area (Å²) in [5.74, 6) is -0.0438. The second-order valence-corrected chi connectivity index (χ2v) is 4.55. The van der Waals surface area contributed by atoms with E-state index in [-0.39, 0.29) is 16.9 Å². The summed E-state index contributed by atoms with van der Waals surface area (Å²) in [6, 6.07) is 3.09. The Hall–Kier alpha value is -1.04. The molecule has 1 aliphatic rings. The molecule has 0 atom stereocenters. The van der Waals surface area contributed by atoms with Crippen molar-refractivity contribution in [1.82, 2.24) is 10.6 Å². The van der Waals surface area contributed by atoms with Crippen LogP contribution in [0.5, 0.6) is 0 Å². The number of carbonyl (C=O) groups is 1. The number of rotatable bonds is 5. The Morgan fingerprint density at radius 2 is 2.28 bits per heavy atom. The van der Waals surface area contributed by atoms with Crippen LogP contribution in [0.3, 0.4) is 0 Å². The molecule has 0 spiro atoms. The Morgan fingerprint density at radius 1 is 1.50 bits per heavy atom. The fourth-order valence-corrected chi connectivity index (χ4v) is 2.02. The first-order valence-electron chi connectivity index (χ1n) is 6.11. The predicted molar refractivity (Wildman–Crippen MR) is 67.9 cm³/mol. The summed E-state index contributed by atoms with van der Waals surface area (Å²) < 4.78 is 10.7. The SMILES string of the molecule is O=C(NCCOC1CCNCC1)c1ccc(Cl)o1. The normalized spacial score (nSPS) is 16.7. The molecule has 2 N–H and O–H groups in total. The van der Waals surface area contributed by atoms with Crippen molar-refractivity contribution in [1.29, 1.82) is 0 Å². The molecule has 1 aromatic rings. The molecule has 0 radical (unpaired) electrons. The molecular weight excluding hydrogens is 256 g/mol. The number of furan rings is 1. The molecule has 0 aliphatic carbocycles. The van der Waals surface area contributed by atoms with E-state index in [9.17, 15) is 4.79 Å². The van der Waals surface area contributed by atoms with E-state index in [1.54, 1.807) is 12.1 Å². The van der Waals surface area contributed by atoms with Crippen molar-refractivity contribution < 1.29 is 13.9 Å². The third-order valence-electron chi connectivity index (χ3n) is 2.82. The minimum Gasteiger partial charge on any atom is -0.440 e. The molecule has 0 aromatic carbocycles. The zero-order valence-electron chi connectivity index (χ0n) is 10.1. The van der Waals surface area contributed by atoms with E-state index in [0.29, 0.717) is 19.3 Å². The number of hydrogen-bond acceptors (Lipinski definition) is 4. The Bertz CT molecular complexity index is 388. The lowest BCUT2D eigenvalue weighted by Crippen LogP contribution is -2.34. The zero-order valence-corrected chi connectivity index (χ0v) is 10.8. The lowest BCUT2D eigenvalue weighted by molar-refractivity contribution is 0.0341. The van der Waals surface area contributed by atoms with Gasteiger partial charge in [0.05, 0.1) is 12.7 Å². The third kappa shape index (κ3) is 4.01. The number of nitrogens with one attached hydrogen (secondary N) is 2. The maximum absolute atomic E-state index is 11.6. The molecule has 1 fully saturated rings. The highest BCUT2D eigenvalue weighted by Gasteiger charge is 2.13. The lowest BCUT2D eigenvalue weighted by Gasteiger charge is -2.22. The molecule has 6 heteroatoms. The van der Waals surface area contributed by atoms with Gasteiger partial charge in [0.25, 0.3) is 5.91 Å².